The summed E-state index contributed by atoms with van der Waals surface area (Å²) in [5.74, 6) is -0.388. The molecule has 0 saturated heterocycles. The number of carboxylic acids is 1. The molecule has 0 bridgehead atoms. The van der Waals surface area contributed by atoms with Crippen molar-refractivity contribution in [3.63, 3.8) is 0 Å². The number of hydrogen-bond donors (Lipinski definition) is 1. The molecule has 0 fully saturated rings. The van der Waals surface area contributed by atoms with Gasteiger partial charge in [0.25, 0.3) is 0 Å². The molecule has 78 valence electrons. The number of carbonyl (C=O) groups is 1. The highest BCUT2D eigenvalue weighted by Crippen LogP contribution is 2.29. The van der Waals surface area contributed by atoms with Crippen LogP contribution < -0.4 is 0 Å². The van der Waals surface area contributed by atoms with Gasteiger partial charge >= 0.3 is 5.97 Å². The summed E-state index contributed by atoms with van der Waals surface area (Å²) >= 11 is 0. The molecule has 1 heterocycles. The lowest BCUT2D eigenvalue weighted by Crippen LogP contribution is -2.41. The third kappa shape index (κ3) is 1.80. The van der Waals surface area contributed by atoms with E-state index in [1.54, 1.807) is 26.0 Å². The molecule has 0 spiro atoms. The van der Waals surface area contributed by atoms with Crippen molar-refractivity contribution in [2.75, 3.05) is 7.11 Å². The van der Waals surface area contributed by atoms with E-state index in [4.69, 9.17) is 14.3 Å². The summed E-state index contributed by atoms with van der Waals surface area (Å²) in [6, 6.07) is 3.47. The molecule has 14 heavy (non-hydrogen) atoms. The Morgan fingerprint density at radius 1 is 1.64 bits per heavy atom. The minimum Gasteiger partial charge on any atom is -0.479 e. The lowest BCUT2D eigenvalue weighted by Gasteiger charge is -2.27. The first-order valence-electron chi connectivity index (χ1n) is 4.29. The van der Waals surface area contributed by atoms with Crippen LogP contribution in [0.1, 0.15) is 19.6 Å². The molecule has 0 aliphatic heterocycles. The molecule has 0 aliphatic rings. The molecule has 1 aromatic rings. The summed E-state index contributed by atoms with van der Waals surface area (Å²) in [4.78, 5) is 10.9. The maximum absolute atomic E-state index is 10.9. The van der Waals surface area contributed by atoms with Crippen molar-refractivity contribution in [3.05, 3.63) is 24.2 Å². The van der Waals surface area contributed by atoms with Crippen molar-refractivity contribution in [3.8, 4) is 0 Å². The Bertz CT molecular complexity index is 300. The Balaban J connectivity index is 2.99. The fourth-order valence-electron chi connectivity index (χ4n) is 1.48. The summed E-state index contributed by atoms with van der Waals surface area (Å²) in [5, 5.41) is 8.94. The Morgan fingerprint density at radius 3 is 2.64 bits per heavy atom. The van der Waals surface area contributed by atoms with E-state index < -0.39 is 17.5 Å². The summed E-state index contributed by atoms with van der Waals surface area (Å²) < 4.78 is 10.1. The first kappa shape index (κ1) is 10.8. The van der Waals surface area contributed by atoms with Crippen molar-refractivity contribution in [1.29, 1.82) is 0 Å². The van der Waals surface area contributed by atoms with E-state index in [0.717, 1.165) is 0 Å². The van der Waals surface area contributed by atoms with Gasteiger partial charge in [-0.1, -0.05) is 0 Å². The van der Waals surface area contributed by atoms with E-state index >= 15 is 0 Å². The van der Waals surface area contributed by atoms with Gasteiger partial charge in [0.05, 0.1) is 11.7 Å². The number of ether oxygens (including phenoxy) is 1. The summed E-state index contributed by atoms with van der Waals surface area (Å²) in [6.45, 7) is 3.54. The Hall–Kier alpha value is -1.29. The second kappa shape index (κ2) is 3.84. The van der Waals surface area contributed by atoms with Gasteiger partial charge in [-0.3, -0.25) is 0 Å². The van der Waals surface area contributed by atoms with Crippen LogP contribution in [0.25, 0.3) is 0 Å². The molecule has 0 aromatic carbocycles. The molecule has 0 radical (unpaired) electrons. The van der Waals surface area contributed by atoms with E-state index in [-0.39, 0.29) is 0 Å². The van der Waals surface area contributed by atoms with Gasteiger partial charge in [-0.05, 0) is 26.0 Å². The molecule has 4 nitrogen and oxygen atoms in total. The largest absolute Gasteiger partial charge is 0.479 e. The SMILES string of the molecule is COC(C(=O)O)C(C)(C)c1ccco1. The number of hydrogen-bond acceptors (Lipinski definition) is 3. The monoisotopic (exact) mass is 198 g/mol. The lowest BCUT2D eigenvalue weighted by atomic mass is 9.84. The van der Waals surface area contributed by atoms with Gasteiger partial charge in [0.15, 0.2) is 6.10 Å². The van der Waals surface area contributed by atoms with Gasteiger partial charge in [0.1, 0.15) is 5.76 Å². The molecule has 0 aliphatic carbocycles. The van der Waals surface area contributed by atoms with Gasteiger partial charge in [0.2, 0.25) is 0 Å². The standard InChI is InChI=1S/C10H14O4/c1-10(2,7-5-4-6-14-7)8(13-3)9(11)12/h4-6,8H,1-3H3,(H,11,12). The van der Waals surface area contributed by atoms with Crippen molar-refractivity contribution in [2.45, 2.75) is 25.4 Å². The molecule has 0 amide bonds. The van der Waals surface area contributed by atoms with Crippen molar-refractivity contribution < 1.29 is 19.1 Å². The minimum absolute atomic E-state index is 0.603. The predicted octanol–water partition coefficient (Wildman–Crippen LogP) is 1.66. The van der Waals surface area contributed by atoms with Gasteiger partial charge in [-0.25, -0.2) is 4.79 Å². The van der Waals surface area contributed by atoms with Gasteiger partial charge in [-0.15, -0.1) is 0 Å². The minimum atomic E-state index is -0.992. The molecule has 4 heteroatoms. The highest BCUT2D eigenvalue weighted by Gasteiger charge is 2.39. The molecule has 1 aromatic heterocycles. The van der Waals surface area contributed by atoms with Crippen LogP contribution in [0.4, 0.5) is 0 Å². The van der Waals surface area contributed by atoms with Crippen LogP contribution in [0, 0.1) is 0 Å². The molecular formula is C10H14O4. The first-order valence-corrected chi connectivity index (χ1v) is 4.29. The molecule has 1 N–H and O–H groups in total. The average molecular weight is 198 g/mol. The number of furan rings is 1. The fraction of sp³-hybridized carbons (Fsp3) is 0.500. The highest BCUT2D eigenvalue weighted by molar-refractivity contribution is 5.74. The van der Waals surface area contributed by atoms with Crippen LogP contribution in [-0.4, -0.2) is 24.3 Å². The molecule has 1 unspecified atom stereocenters. The first-order chi connectivity index (χ1) is 6.50. The van der Waals surface area contributed by atoms with Crippen LogP contribution in [0.2, 0.25) is 0 Å². The van der Waals surface area contributed by atoms with Crippen molar-refractivity contribution >= 4 is 5.97 Å². The zero-order valence-corrected chi connectivity index (χ0v) is 8.48. The van der Waals surface area contributed by atoms with Crippen LogP contribution in [-0.2, 0) is 14.9 Å². The van der Waals surface area contributed by atoms with E-state index in [1.807, 2.05) is 0 Å². The van der Waals surface area contributed by atoms with Gasteiger partial charge < -0.3 is 14.3 Å². The van der Waals surface area contributed by atoms with E-state index in [1.165, 1.54) is 13.4 Å². The lowest BCUT2D eigenvalue weighted by molar-refractivity contribution is -0.153. The number of methoxy groups -OCH3 is 1. The van der Waals surface area contributed by atoms with Crippen molar-refractivity contribution in [1.82, 2.24) is 0 Å². The second-order valence-electron chi connectivity index (χ2n) is 3.65. The average Bonchev–Trinajstić information content (AvgIpc) is 2.55. The van der Waals surface area contributed by atoms with Crippen LogP contribution in [0.3, 0.4) is 0 Å². The van der Waals surface area contributed by atoms with E-state index in [2.05, 4.69) is 0 Å². The predicted molar refractivity (Wildman–Crippen MR) is 50.2 cm³/mol. The Kier molecular flexibility index (Phi) is 2.96. The molecule has 1 atom stereocenters. The maximum Gasteiger partial charge on any atom is 0.333 e. The Morgan fingerprint density at radius 2 is 2.29 bits per heavy atom. The highest BCUT2D eigenvalue weighted by atomic mass is 16.5. The number of carboxylic acid groups (broad SMARTS) is 1. The number of rotatable bonds is 4. The van der Waals surface area contributed by atoms with Gasteiger partial charge in [0, 0.05) is 7.11 Å². The van der Waals surface area contributed by atoms with Crippen LogP contribution in [0.5, 0.6) is 0 Å². The maximum atomic E-state index is 10.9. The summed E-state index contributed by atoms with van der Waals surface area (Å²) in [6.07, 6.45) is 0.611. The normalized spacial score (nSPS) is 13.9. The zero-order chi connectivity index (χ0) is 10.8. The smallest absolute Gasteiger partial charge is 0.333 e. The molecular weight excluding hydrogens is 184 g/mol. The zero-order valence-electron chi connectivity index (χ0n) is 8.48. The third-order valence-electron chi connectivity index (χ3n) is 2.27. The van der Waals surface area contributed by atoms with E-state index in [9.17, 15) is 4.79 Å². The fourth-order valence-corrected chi connectivity index (χ4v) is 1.48. The summed E-state index contributed by atoms with van der Waals surface area (Å²) in [7, 11) is 1.38. The van der Waals surface area contributed by atoms with Crippen LogP contribution in [0.15, 0.2) is 22.8 Å². The van der Waals surface area contributed by atoms with Crippen molar-refractivity contribution in [2.24, 2.45) is 0 Å². The second-order valence-corrected chi connectivity index (χ2v) is 3.65. The molecule has 1 rings (SSSR count). The third-order valence-corrected chi connectivity index (χ3v) is 2.27. The number of aliphatic carboxylic acids is 1. The quantitative estimate of drug-likeness (QED) is 0.799. The summed E-state index contributed by atoms with van der Waals surface area (Å²) in [5.41, 5.74) is -0.677. The topological polar surface area (TPSA) is 59.7 Å². The van der Waals surface area contributed by atoms with E-state index in [0.29, 0.717) is 5.76 Å². The van der Waals surface area contributed by atoms with Gasteiger partial charge in [-0.2, -0.15) is 0 Å². The Labute approximate surface area is 82.5 Å². The molecule has 0 saturated carbocycles. The van der Waals surface area contributed by atoms with Crippen LogP contribution >= 0.6 is 0 Å².